The first-order chi connectivity index (χ1) is 12.9. The smallest absolute Gasteiger partial charge is 0.255 e. The van der Waals surface area contributed by atoms with Crippen molar-refractivity contribution in [3.63, 3.8) is 0 Å². The third-order valence-corrected chi connectivity index (χ3v) is 7.16. The van der Waals surface area contributed by atoms with Crippen LogP contribution >= 0.6 is 11.6 Å². The van der Waals surface area contributed by atoms with E-state index in [4.69, 9.17) is 11.6 Å². The number of benzene rings is 2. The lowest BCUT2D eigenvalue weighted by Gasteiger charge is -2.30. The topological polar surface area (TPSA) is 66.5 Å². The van der Waals surface area contributed by atoms with Crippen LogP contribution in [0.1, 0.15) is 42.5 Å². The summed E-state index contributed by atoms with van der Waals surface area (Å²) in [5.74, 6) is -0.304. The van der Waals surface area contributed by atoms with Gasteiger partial charge in [0.2, 0.25) is 10.0 Å². The SMILES string of the molecule is CN(C1CCCCC1)S(=O)(=O)c1ccc(C(=O)Nc2ccc(Cl)cc2)cc1. The largest absolute Gasteiger partial charge is 0.322 e. The highest BCUT2D eigenvalue weighted by molar-refractivity contribution is 7.89. The summed E-state index contributed by atoms with van der Waals surface area (Å²) in [4.78, 5) is 12.5. The zero-order valence-electron chi connectivity index (χ0n) is 15.2. The number of nitrogens with zero attached hydrogens (tertiary/aromatic N) is 1. The molecule has 1 saturated carbocycles. The fourth-order valence-corrected chi connectivity index (χ4v) is 4.86. The lowest BCUT2D eigenvalue weighted by atomic mass is 9.96. The van der Waals surface area contributed by atoms with Gasteiger partial charge in [0.1, 0.15) is 0 Å². The van der Waals surface area contributed by atoms with Crippen LogP contribution in [0.5, 0.6) is 0 Å². The first kappa shape index (κ1) is 19.9. The molecule has 0 aromatic heterocycles. The molecule has 1 fully saturated rings. The Morgan fingerprint density at radius 2 is 1.59 bits per heavy atom. The summed E-state index contributed by atoms with van der Waals surface area (Å²) in [6.45, 7) is 0. The third-order valence-electron chi connectivity index (χ3n) is 4.98. The predicted octanol–water partition coefficient (Wildman–Crippen LogP) is 4.55. The van der Waals surface area contributed by atoms with Gasteiger partial charge in [0.15, 0.2) is 0 Å². The Kier molecular flexibility index (Phi) is 6.19. The zero-order chi connectivity index (χ0) is 19.4. The van der Waals surface area contributed by atoms with Crippen molar-refractivity contribution < 1.29 is 13.2 Å². The Hall–Kier alpha value is -1.89. The minimum atomic E-state index is -3.56. The number of halogens is 1. The second-order valence-corrected chi connectivity index (χ2v) is 9.23. The molecular formula is C20H23ClN2O3S. The van der Waals surface area contributed by atoms with Gasteiger partial charge in [-0.15, -0.1) is 0 Å². The molecule has 2 aromatic carbocycles. The van der Waals surface area contributed by atoms with Crippen molar-refractivity contribution in [1.29, 1.82) is 0 Å². The molecule has 0 aliphatic heterocycles. The highest BCUT2D eigenvalue weighted by atomic mass is 35.5. The number of anilines is 1. The molecule has 0 unspecified atom stereocenters. The van der Waals surface area contributed by atoms with Crippen LogP contribution in [-0.4, -0.2) is 31.7 Å². The molecule has 1 amide bonds. The van der Waals surface area contributed by atoms with Crippen LogP contribution in [0.15, 0.2) is 53.4 Å². The monoisotopic (exact) mass is 406 g/mol. The summed E-state index contributed by atoms with van der Waals surface area (Å²) in [6.07, 6.45) is 5.10. The average Bonchev–Trinajstić information content (AvgIpc) is 2.70. The van der Waals surface area contributed by atoms with Crippen LogP contribution in [0, 0.1) is 0 Å². The molecule has 5 nitrogen and oxygen atoms in total. The summed E-state index contributed by atoms with van der Waals surface area (Å²) in [6, 6.07) is 12.9. The number of hydrogen-bond donors (Lipinski definition) is 1. The number of nitrogens with one attached hydrogen (secondary N) is 1. The highest BCUT2D eigenvalue weighted by Crippen LogP contribution is 2.26. The number of sulfonamides is 1. The molecule has 0 radical (unpaired) electrons. The molecular weight excluding hydrogens is 384 g/mol. The van der Waals surface area contributed by atoms with Gasteiger partial charge in [-0.3, -0.25) is 4.79 Å². The predicted molar refractivity (Wildman–Crippen MR) is 108 cm³/mol. The van der Waals surface area contributed by atoms with Gasteiger partial charge in [-0.05, 0) is 61.4 Å². The van der Waals surface area contributed by atoms with Gasteiger partial charge in [0, 0.05) is 29.4 Å². The number of carbonyl (C=O) groups excluding carboxylic acids is 1. The zero-order valence-corrected chi connectivity index (χ0v) is 16.8. The lowest BCUT2D eigenvalue weighted by Crippen LogP contribution is -2.38. The van der Waals surface area contributed by atoms with Gasteiger partial charge in [-0.2, -0.15) is 4.31 Å². The van der Waals surface area contributed by atoms with Gasteiger partial charge >= 0.3 is 0 Å². The standard InChI is InChI=1S/C20H23ClN2O3S/c1-23(18-5-3-2-4-6-18)27(25,26)19-13-7-15(8-14-19)20(24)22-17-11-9-16(21)10-12-17/h7-14,18H,2-6H2,1H3,(H,22,24). The molecule has 1 N–H and O–H groups in total. The molecule has 0 saturated heterocycles. The molecule has 0 heterocycles. The van der Waals surface area contributed by atoms with Gasteiger partial charge < -0.3 is 5.32 Å². The molecule has 144 valence electrons. The minimum Gasteiger partial charge on any atom is -0.322 e. The van der Waals surface area contributed by atoms with E-state index in [0.717, 1.165) is 25.7 Å². The molecule has 7 heteroatoms. The molecule has 27 heavy (non-hydrogen) atoms. The molecule has 1 aliphatic carbocycles. The third kappa shape index (κ3) is 4.69. The molecule has 0 atom stereocenters. The quantitative estimate of drug-likeness (QED) is 0.792. The maximum Gasteiger partial charge on any atom is 0.255 e. The van der Waals surface area contributed by atoms with Gasteiger partial charge in [-0.25, -0.2) is 8.42 Å². The normalized spacial score (nSPS) is 15.7. The van der Waals surface area contributed by atoms with E-state index in [2.05, 4.69) is 5.32 Å². The van der Waals surface area contributed by atoms with Crippen molar-refractivity contribution >= 4 is 33.2 Å². The van der Waals surface area contributed by atoms with Crippen LogP contribution in [0.25, 0.3) is 0 Å². The number of carbonyl (C=O) groups is 1. The Balaban J connectivity index is 1.71. The van der Waals surface area contributed by atoms with Gasteiger partial charge in [0.25, 0.3) is 5.91 Å². The van der Waals surface area contributed by atoms with Crippen molar-refractivity contribution in [2.24, 2.45) is 0 Å². The summed E-state index contributed by atoms with van der Waals surface area (Å²) < 4.78 is 27.2. The van der Waals surface area contributed by atoms with Crippen LogP contribution in [-0.2, 0) is 10.0 Å². The molecule has 0 bridgehead atoms. The maximum absolute atomic E-state index is 12.8. The van der Waals surface area contributed by atoms with E-state index in [1.54, 1.807) is 31.3 Å². The summed E-state index contributed by atoms with van der Waals surface area (Å²) in [7, 11) is -1.91. The van der Waals surface area contributed by atoms with Crippen LogP contribution in [0.4, 0.5) is 5.69 Å². The Labute approximate surface area is 165 Å². The molecule has 2 aromatic rings. The Morgan fingerprint density at radius 3 is 2.19 bits per heavy atom. The van der Waals surface area contributed by atoms with E-state index in [1.807, 2.05) is 0 Å². The fraction of sp³-hybridized carbons (Fsp3) is 0.350. The molecule has 1 aliphatic rings. The summed E-state index contributed by atoms with van der Waals surface area (Å²) >= 11 is 5.83. The molecule has 0 spiro atoms. The Morgan fingerprint density at radius 1 is 1.00 bits per heavy atom. The van der Waals surface area contributed by atoms with E-state index < -0.39 is 10.0 Å². The van der Waals surface area contributed by atoms with Crippen LogP contribution in [0.2, 0.25) is 5.02 Å². The number of rotatable bonds is 5. The summed E-state index contributed by atoms with van der Waals surface area (Å²) in [5, 5.41) is 3.35. The van der Waals surface area contributed by atoms with Crippen LogP contribution < -0.4 is 5.32 Å². The van der Waals surface area contributed by atoms with Gasteiger partial charge in [-0.1, -0.05) is 30.9 Å². The second-order valence-electron chi connectivity index (χ2n) is 6.80. The van der Waals surface area contributed by atoms with Crippen molar-refractivity contribution in [2.45, 2.75) is 43.0 Å². The second kappa shape index (κ2) is 8.42. The summed E-state index contributed by atoms with van der Waals surface area (Å²) in [5.41, 5.74) is 1.02. The van der Waals surface area contributed by atoms with E-state index >= 15 is 0 Å². The number of hydrogen-bond acceptors (Lipinski definition) is 3. The van der Waals surface area contributed by atoms with E-state index in [1.165, 1.54) is 35.0 Å². The van der Waals surface area contributed by atoms with Crippen molar-refractivity contribution in [1.82, 2.24) is 4.31 Å². The van der Waals surface area contributed by atoms with Crippen molar-refractivity contribution in [2.75, 3.05) is 12.4 Å². The molecule has 3 rings (SSSR count). The van der Waals surface area contributed by atoms with Crippen molar-refractivity contribution in [3.8, 4) is 0 Å². The van der Waals surface area contributed by atoms with E-state index in [9.17, 15) is 13.2 Å². The van der Waals surface area contributed by atoms with Crippen LogP contribution in [0.3, 0.4) is 0 Å². The average molecular weight is 407 g/mol. The first-order valence-corrected chi connectivity index (χ1v) is 10.8. The first-order valence-electron chi connectivity index (χ1n) is 9.03. The maximum atomic E-state index is 12.8. The van der Waals surface area contributed by atoms with E-state index in [0.29, 0.717) is 16.3 Å². The Bertz CT molecular complexity index is 890. The lowest BCUT2D eigenvalue weighted by molar-refractivity contribution is 0.102. The van der Waals surface area contributed by atoms with E-state index in [-0.39, 0.29) is 16.8 Å². The van der Waals surface area contributed by atoms with Gasteiger partial charge in [0.05, 0.1) is 4.90 Å². The fourth-order valence-electron chi connectivity index (χ4n) is 3.32. The highest BCUT2D eigenvalue weighted by Gasteiger charge is 2.29. The number of amides is 1. The van der Waals surface area contributed by atoms with Crippen molar-refractivity contribution in [3.05, 3.63) is 59.1 Å². The minimum absolute atomic E-state index is 0.0524.